The van der Waals surface area contributed by atoms with E-state index >= 15 is 0 Å². The van der Waals surface area contributed by atoms with Gasteiger partial charge >= 0.3 is 12.4 Å². The molecular weight excluding hydrogens is 472 g/mol. The summed E-state index contributed by atoms with van der Waals surface area (Å²) in [5, 5.41) is 2.36. The molecule has 0 saturated heterocycles. The predicted octanol–water partition coefficient (Wildman–Crippen LogP) is 4.37. The van der Waals surface area contributed by atoms with E-state index in [0.29, 0.717) is 0 Å². The fraction of sp³-hybridized carbons (Fsp3) is 0.190. The molecule has 3 aromatic rings. The monoisotopic (exact) mass is 487 g/mol. The Hall–Kier alpha value is -4.03. The molecule has 0 bridgehead atoms. The zero-order chi connectivity index (χ0) is 24.9. The zero-order valence-corrected chi connectivity index (χ0v) is 17.0. The number of rotatable bonds is 7. The van der Waals surface area contributed by atoms with Crippen LogP contribution in [0.25, 0.3) is 5.69 Å². The number of carbonyl (C=O) groups excluding carboxylic acids is 1. The van der Waals surface area contributed by atoms with Crippen LogP contribution in [0.4, 0.5) is 32.0 Å². The van der Waals surface area contributed by atoms with Crippen LogP contribution in [-0.2, 0) is 0 Å². The van der Waals surface area contributed by atoms with E-state index in [1.54, 1.807) is 0 Å². The number of anilines is 1. The summed E-state index contributed by atoms with van der Waals surface area (Å²) in [4.78, 5) is 29.1. The maximum Gasteiger partial charge on any atom is 0.422 e. The number of aromatic nitrogens is 2. The highest BCUT2D eigenvalue weighted by Gasteiger charge is 2.29. The van der Waals surface area contributed by atoms with Crippen molar-refractivity contribution in [3.63, 3.8) is 0 Å². The molecule has 0 atom stereocenters. The average molecular weight is 487 g/mol. The predicted molar refractivity (Wildman–Crippen MR) is 107 cm³/mol. The Morgan fingerprint density at radius 2 is 1.59 bits per heavy atom. The molecule has 1 N–H and O–H groups in total. The van der Waals surface area contributed by atoms with Gasteiger partial charge in [0.25, 0.3) is 11.5 Å². The molecule has 13 heteroatoms. The van der Waals surface area contributed by atoms with E-state index in [2.05, 4.69) is 15.0 Å². The summed E-state index contributed by atoms with van der Waals surface area (Å²) in [6.45, 7) is -3.11. The normalized spacial score (nSPS) is 11.7. The van der Waals surface area contributed by atoms with Gasteiger partial charge in [0, 0.05) is 12.3 Å². The number of halogens is 6. The molecule has 180 valence electrons. The number of amides is 1. The molecule has 1 aromatic carbocycles. The summed E-state index contributed by atoms with van der Waals surface area (Å²) < 4.78 is 84.4. The number of ether oxygens (including phenoxy) is 2. The summed E-state index contributed by atoms with van der Waals surface area (Å²) in [7, 11) is 0. The van der Waals surface area contributed by atoms with Crippen LogP contribution >= 0.6 is 0 Å². The van der Waals surface area contributed by atoms with Crippen LogP contribution in [0.5, 0.6) is 11.6 Å². The molecule has 0 aliphatic carbocycles. The van der Waals surface area contributed by atoms with E-state index in [1.807, 2.05) is 0 Å². The van der Waals surface area contributed by atoms with Crippen molar-refractivity contribution in [3.05, 3.63) is 76.8 Å². The van der Waals surface area contributed by atoms with Crippen molar-refractivity contribution in [2.45, 2.75) is 12.4 Å². The van der Waals surface area contributed by atoms with Crippen LogP contribution in [0, 0.1) is 0 Å². The van der Waals surface area contributed by atoms with Gasteiger partial charge in [0.05, 0.1) is 17.6 Å². The molecule has 2 aromatic heterocycles. The van der Waals surface area contributed by atoms with Gasteiger partial charge in [0.2, 0.25) is 5.88 Å². The van der Waals surface area contributed by atoms with Crippen LogP contribution < -0.4 is 20.3 Å². The van der Waals surface area contributed by atoms with E-state index in [9.17, 15) is 35.9 Å². The Labute approximate surface area is 187 Å². The average Bonchev–Trinajstić information content (AvgIpc) is 2.76. The third-order valence-corrected chi connectivity index (χ3v) is 4.09. The Kier molecular flexibility index (Phi) is 7.13. The third kappa shape index (κ3) is 6.73. The first kappa shape index (κ1) is 24.6. The van der Waals surface area contributed by atoms with Crippen molar-refractivity contribution in [1.29, 1.82) is 0 Å². The molecule has 0 unspecified atom stereocenters. The van der Waals surface area contributed by atoms with Crippen LogP contribution in [0.1, 0.15) is 10.4 Å². The molecule has 0 fully saturated rings. The molecule has 0 spiro atoms. The number of para-hydroxylation sites is 2. The van der Waals surface area contributed by atoms with Gasteiger partial charge in [-0.05, 0) is 30.3 Å². The summed E-state index contributed by atoms with van der Waals surface area (Å²) in [5.74, 6) is -1.43. The van der Waals surface area contributed by atoms with Crippen molar-refractivity contribution in [1.82, 2.24) is 9.55 Å². The lowest BCUT2D eigenvalue weighted by molar-refractivity contribution is -0.154. The van der Waals surface area contributed by atoms with Gasteiger partial charge in [-0.25, -0.2) is 4.98 Å². The highest BCUT2D eigenvalue weighted by molar-refractivity contribution is 6.03. The van der Waals surface area contributed by atoms with Crippen molar-refractivity contribution >= 4 is 11.6 Å². The molecule has 7 nitrogen and oxygen atoms in total. The van der Waals surface area contributed by atoms with Crippen molar-refractivity contribution in [3.8, 4) is 17.3 Å². The Morgan fingerprint density at radius 1 is 0.912 bits per heavy atom. The number of benzene rings is 1. The molecule has 3 rings (SSSR count). The van der Waals surface area contributed by atoms with Crippen LogP contribution in [0.2, 0.25) is 0 Å². The number of hydrogen-bond donors (Lipinski definition) is 1. The molecule has 1 amide bonds. The first-order valence-corrected chi connectivity index (χ1v) is 9.40. The van der Waals surface area contributed by atoms with Crippen molar-refractivity contribution in [2.24, 2.45) is 0 Å². The molecule has 2 heterocycles. The maximum atomic E-state index is 12.9. The first-order chi connectivity index (χ1) is 15.9. The summed E-state index contributed by atoms with van der Waals surface area (Å²) >= 11 is 0. The maximum absolute atomic E-state index is 12.9. The van der Waals surface area contributed by atoms with Gasteiger partial charge in [-0.3, -0.25) is 14.2 Å². The van der Waals surface area contributed by atoms with Gasteiger partial charge in [-0.2, -0.15) is 26.3 Å². The van der Waals surface area contributed by atoms with Gasteiger partial charge in [-0.1, -0.05) is 12.1 Å². The largest absolute Gasteiger partial charge is 0.482 e. The number of alkyl halides is 6. The lowest BCUT2D eigenvalue weighted by atomic mass is 10.2. The molecule has 34 heavy (non-hydrogen) atoms. The van der Waals surface area contributed by atoms with Gasteiger partial charge in [0.15, 0.2) is 13.2 Å². The molecule has 0 radical (unpaired) electrons. The fourth-order valence-electron chi connectivity index (χ4n) is 2.69. The number of nitrogens with one attached hydrogen (secondary N) is 1. The molecule has 0 aliphatic heterocycles. The molecule has 0 saturated carbocycles. The Morgan fingerprint density at radius 3 is 2.24 bits per heavy atom. The minimum absolute atomic E-state index is 0.0146. The van der Waals surface area contributed by atoms with E-state index in [-0.39, 0.29) is 28.6 Å². The van der Waals surface area contributed by atoms with Crippen LogP contribution in [0.15, 0.2) is 65.7 Å². The SMILES string of the molecule is O=C(Nc1ccc(OCC(F)(F)F)nc1)c1cccn(-c2ccccc2OCC(F)(F)F)c1=O. The minimum Gasteiger partial charge on any atom is -0.482 e. The standard InChI is InChI=1S/C21H15F6N3O4/c22-20(23,24)11-33-16-6-2-1-5-15(16)30-9-3-4-14(19(30)32)18(31)29-13-7-8-17(28-10-13)34-12-21(25,26)27/h1-10H,11-12H2,(H,29,31). The second kappa shape index (κ2) is 9.85. The highest BCUT2D eigenvalue weighted by atomic mass is 19.4. The third-order valence-electron chi connectivity index (χ3n) is 4.09. The van der Waals surface area contributed by atoms with Crippen molar-refractivity contribution in [2.75, 3.05) is 18.5 Å². The van der Waals surface area contributed by atoms with Gasteiger partial charge < -0.3 is 14.8 Å². The van der Waals surface area contributed by atoms with Gasteiger partial charge in [0.1, 0.15) is 11.3 Å². The number of carbonyl (C=O) groups is 1. The van der Waals surface area contributed by atoms with E-state index in [4.69, 9.17) is 4.74 Å². The van der Waals surface area contributed by atoms with Crippen LogP contribution in [-0.4, -0.2) is 41.0 Å². The first-order valence-electron chi connectivity index (χ1n) is 9.40. The van der Waals surface area contributed by atoms with Crippen LogP contribution in [0.3, 0.4) is 0 Å². The quantitative estimate of drug-likeness (QED) is 0.501. The molecule has 0 aliphatic rings. The lowest BCUT2D eigenvalue weighted by Gasteiger charge is -2.15. The second-order valence-corrected chi connectivity index (χ2v) is 6.71. The smallest absolute Gasteiger partial charge is 0.422 e. The number of hydrogen-bond acceptors (Lipinski definition) is 5. The highest BCUT2D eigenvalue weighted by Crippen LogP contribution is 2.24. The lowest BCUT2D eigenvalue weighted by Crippen LogP contribution is -2.28. The van der Waals surface area contributed by atoms with Gasteiger partial charge in [-0.15, -0.1) is 0 Å². The summed E-state index contributed by atoms with van der Waals surface area (Å²) in [6.07, 6.45) is -6.85. The Bertz CT molecular complexity index is 1210. The van der Waals surface area contributed by atoms with E-state index in [1.165, 1.54) is 48.7 Å². The summed E-state index contributed by atoms with van der Waals surface area (Å²) in [5.41, 5.74) is -1.15. The fourth-order valence-corrected chi connectivity index (χ4v) is 2.69. The van der Waals surface area contributed by atoms with E-state index in [0.717, 1.165) is 16.8 Å². The zero-order valence-electron chi connectivity index (χ0n) is 17.0. The molecular formula is C21H15F6N3O4. The Balaban J connectivity index is 1.79. The summed E-state index contributed by atoms with van der Waals surface area (Å²) in [6, 6.07) is 10.3. The van der Waals surface area contributed by atoms with E-state index < -0.39 is 37.0 Å². The number of pyridine rings is 2. The number of nitrogens with zero attached hydrogens (tertiary/aromatic N) is 2. The topological polar surface area (TPSA) is 82.4 Å². The van der Waals surface area contributed by atoms with Crippen molar-refractivity contribution < 1.29 is 40.6 Å². The minimum atomic E-state index is -4.60. The second-order valence-electron chi connectivity index (χ2n) is 6.71.